The van der Waals surface area contributed by atoms with E-state index < -0.39 is 31.1 Å². The van der Waals surface area contributed by atoms with Gasteiger partial charge in [-0.05, 0) is 0 Å². The molecule has 0 heterocycles. The molecule has 0 unspecified atom stereocenters. The Morgan fingerprint density at radius 3 is 2.00 bits per heavy atom. The van der Waals surface area contributed by atoms with E-state index in [0.29, 0.717) is 0 Å². The Morgan fingerprint density at radius 2 is 1.67 bits per heavy atom. The lowest BCUT2D eigenvalue weighted by Gasteiger charge is -2.21. The molecular weight excluding hydrogens is 171 g/mol. The van der Waals surface area contributed by atoms with E-state index in [0.717, 1.165) is 0 Å². The standard InChI is InChI=1S/C6H11FO5/c7-1-3(9)5(11)6(12)4(10)2-8/h2-6,9-12H,1H2/t3-,4+,5-,6-/m1/s1. The van der Waals surface area contributed by atoms with E-state index in [9.17, 15) is 9.18 Å². The maximum Gasteiger partial charge on any atom is 0.151 e. The molecule has 0 aromatic heterocycles. The molecule has 0 aliphatic heterocycles. The Bertz CT molecular complexity index is 142. The number of hydrogen-bond acceptors (Lipinski definition) is 5. The number of aliphatic hydroxyl groups is 4. The number of aldehydes is 1. The monoisotopic (exact) mass is 182 g/mol. The molecule has 0 aliphatic rings. The zero-order valence-corrected chi connectivity index (χ0v) is 6.17. The van der Waals surface area contributed by atoms with Gasteiger partial charge in [0.25, 0.3) is 0 Å². The first kappa shape index (κ1) is 11.4. The van der Waals surface area contributed by atoms with Crippen LogP contribution in [0, 0.1) is 0 Å². The highest BCUT2D eigenvalue weighted by Gasteiger charge is 2.29. The molecule has 0 saturated carbocycles. The second-order valence-electron chi connectivity index (χ2n) is 2.33. The van der Waals surface area contributed by atoms with Crippen LogP contribution in [0.5, 0.6) is 0 Å². The van der Waals surface area contributed by atoms with Gasteiger partial charge in [-0.15, -0.1) is 0 Å². The summed E-state index contributed by atoms with van der Waals surface area (Å²) in [7, 11) is 0. The second kappa shape index (κ2) is 5.15. The maximum atomic E-state index is 11.7. The molecule has 0 aliphatic carbocycles. The van der Waals surface area contributed by atoms with Crippen molar-refractivity contribution < 1.29 is 29.6 Å². The number of aliphatic hydroxyl groups excluding tert-OH is 4. The zero-order valence-electron chi connectivity index (χ0n) is 6.17. The van der Waals surface area contributed by atoms with Crippen molar-refractivity contribution in [2.75, 3.05) is 6.67 Å². The third-order valence-corrected chi connectivity index (χ3v) is 1.39. The van der Waals surface area contributed by atoms with Gasteiger partial charge in [0.1, 0.15) is 31.1 Å². The highest BCUT2D eigenvalue weighted by molar-refractivity contribution is 5.56. The molecule has 0 radical (unpaired) electrons. The summed E-state index contributed by atoms with van der Waals surface area (Å²) in [5.41, 5.74) is 0. The van der Waals surface area contributed by atoms with Crippen LogP contribution in [0.25, 0.3) is 0 Å². The van der Waals surface area contributed by atoms with Crippen LogP contribution in [-0.4, -0.2) is 57.8 Å². The summed E-state index contributed by atoms with van der Waals surface area (Å²) < 4.78 is 11.7. The van der Waals surface area contributed by atoms with E-state index in [1.54, 1.807) is 0 Å². The zero-order chi connectivity index (χ0) is 9.72. The largest absolute Gasteiger partial charge is 0.388 e. The summed E-state index contributed by atoms with van der Waals surface area (Å²) in [6, 6.07) is 0. The number of halogens is 1. The molecule has 0 bridgehead atoms. The van der Waals surface area contributed by atoms with E-state index in [1.165, 1.54) is 0 Å². The molecule has 4 N–H and O–H groups in total. The highest BCUT2D eigenvalue weighted by atomic mass is 19.1. The van der Waals surface area contributed by atoms with Crippen molar-refractivity contribution in [3.05, 3.63) is 0 Å². The van der Waals surface area contributed by atoms with Gasteiger partial charge in [0, 0.05) is 0 Å². The predicted molar refractivity (Wildman–Crippen MR) is 36.1 cm³/mol. The van der Waals surface area contributed by atoms with Gasteiger partial charge in [-0.3, -0.25) is 0 Å². The lowest BCUT2D eigenvalue weighted by Crippen LogP contribution is -2.45. The van der Waals surface area contributed by atoms with Crippen molar-refractivity contribution in [2.45, 2.75) is 24.4 Å². The molecule has 4 atom stereocenters. The molecule has 0 saturated heterocycles. The van der Waals surface area contributed by atoms with E-state index >= 15 is 0 Å². The van der Waals surface area contributed by atoms with E-state index in [4.69, 9.17) is 20.4 Å². The quantitative estimate of drug-likeness (QED) is 0.355. The minimum absolute atomic E-state index is 0.0150. The van der Waals surface area contributed by atoms with Gasteiger partial charge in [0.2, 0.25) is 0 Å². The number of rotatable bonds is 5. The lowest BCUT2D eigenvalue weighted by molar-refractivity contribution is -0.134. The third-order valence-electron chi connectivity index (χ3n) is 1.39. The van der Waals surface area contributed by atoms with Crippen LogP contribution in [0.4, 0.5) is 4.39 Å². The molecule has 0 fully saturated rings. The third kappa shape index (κ3) is 2.82. The highest BCUT2D eigenvalue weighted by Crippen LogP contribution is 2.04. The van der Waals surface area contributed by atoms with Crippen LogP contribution in [0.1, 0.15) is 0 Å². The number of carbonyl (C=O) groups excluding carboxylic acids is 1. The first-order valence-electron chi connectivity index (χ1n) is 3.28. The van der Waals surface area contributed by atoms with Crippen LogP contribution in [-0.2, 0) is 4.79 Å². The van der Waals surface area contributed by atoms with Crippen molar-refractivity contribution in [1.29, 1.82) is 0 Å². The van der Waals surface area contributed by atoms with Crippen LogP contribution < -0.4 is 0 Å². The molecule has 0 aromatic rings. The summed E-state index contributed by atoms with van der Waals surface area (Å²) in [6.45, 7) is -1.26. The fourth-order valence-corrected chi connectivity index (χ4v) is 0.601. The molecule has 6 heteroatoms. The smallest absolute Gasteiger partial charge is 0.151 e. The summed E-state index contributed by atoms with van der Waals surface area (Å²) in [5.74, 6) is 0. The predicted octanol–water partition coefficient (Wildman–Crippen LogP) is -2.40. The number of hydrogen-bond donors (Lipinski definition) is 4. The Morgan fingerprint density at radius 1 is 1.17 bits per heavy atom. The fraction of sp³-hybridized carbons (Fsp3) is 0.833. The molecule has 12 heavy (non-hydrogen) atoms. The van der Waals surface area contributed by atoms with Crippen LogP contribution >= 0.6 is 0 Å². The summed E-state index contributed by atoms with van der Waals surface area (Å²) in [4.78, 5) is 9.87. The molecule has 0 amide bonds. The summed E-state index contributed by atoms with van der Waals surface area (Å²) in [6.07, 6.45) is -7.36. The maximum absolute atomic E-state index is 11.7. The Labute approximate surface area is 68.1 Å². The summed E-state index contributed by atoms with van der Waals surface area (Å²) in [5, 5.41) is 34.9. The van der Waals surface area contributed by atoms with Gasteiger partial charge in [-0.1, -0.05) is 0 Å². The number of carbonyl (C=O) groups is 1. The first-order valence-corrected chi connectivity index (χ1v) is 3.28. The van der Waals surface area contributed by atoms with Gasteiger partial charge in [-0.25, -0.2) is 4.39 Å². The van der Waals surface area contributed by atoms with Crippen LogP contribution in [0.3, 0.4) is 0 Å². The van der Waals surface area contributed by atoms with Crippen molar-refractivity contribution in [3.63, 3.8) is 0 Å². The minimum atomic E-state index is -1.87. The second-order valence-corrected chi connectivity index (χ2v) is 2.33. The SMILES string of the molecule is O=C[C@H](O)[C@@H](O)[C@H](O)[C@H](O)CF. The van der Waals surface area contributed by atoms with Crippen molar-refractivity contribution in [2.24, 2.45) is 0 Å². The molecule has 72 valence electrons. The average Bonchev–Trinajstić information content (AvgIpc) is 2.12. The normalized spacial score (nSPS) is 21.1. The minimum Gasteiger partial charge on any atom is -0.388 e. The molecule has 0 rings (SSSR count). The fourth-order valence-electron chi connectivity index (χ4n) is 0.601. The van der Waals surface area contributed by atoms with Gasteiger partial charge in [-0.2, -0.15) is 0 Å². The molecular formula is C6H11FO5. The Kier molecular flexibility index (Phi) is 4.91. The average molecular weight is 182 g/mol. The molecule has 0 spiro atoms. The van der Waals surface area contributed by atoms with Gasteiger partial charge in [0.15, 0.2) is 6.29 Å². The van der Waals surface area contributed by atoms with Gasteiger partial charge >= 0.3 is 0 Å². The lowest BCUT2D eigenvalue weighted by atomic mass is 10.0. The van der Waals surface area contributed by atoms with Gasteiger partial charge < -0.3 is 25.2 Å². The molecule has 5 nitrogen and oxygen atoms in total. The van der Waals surface area contributed by atoms with Crippen molar-refractivity contribution in [1.82, 2.24) is 0 Å². The van der Waals surface area contributed by atoms with Gasteiger partial charge in [0.05, 0.1) is 0 Å². The Balaban J connectivity index is 4.07. The van der Waals surface area contributed by atoms with Crippen LogP contribution in [0.15, 0.2) is 0 Å². The summed E-state index contributed by atoms with van der Waals surface area (Å²) >= 11 is 0. The van der Waals surface area contributed by atoms with Crippen molar-refractivity contribution >= 4 is 6.29 Å². The first-order chi connectivity index (χ1) is 5.54. The van der Waals surface area contributed by atoms with E-state index in [2.05, 4.69) is 0 Å². The number of alkyl halides is 1. The van der Waals surface area contributed by atoms with E-state index in [-0.39, 0.29) is 6.29 Å². The molecule has 0 aromatic carbocycles. The Hall–Kier alpha value is -0.560. The topological polar surface area (TPSA) is 98.0 Å². The van der Waals surface area contributed by atoms with E-state index in [1.807, 2.05) is 0 Å². The van der Waals surface area contributed by atoms with Crippen molar-refractivity contribution in [3.8, 4) is 0 Å². The van der Waals surface area contributed by atoms with Crippen LogP contribution in [0.2, 0.25) is 0 Å².